The summed E-state index contributed by atoms with van der Waals surface area (Å²) in [5, 5.41) is 5.41. The smallest absolute Gasteiger partial charge is 0.319 e. The number of ether oxygens (including phenoxy) is 1. The van der Waals surface area contributed by atoms with Gasteiger partial charge in [-0.15, -0.1) is 0 Å². The minimum Gasteiger partial charge on any atom is -0.378 e. The topological polar surface area (TPSA) is 101 Å². The summed E-state index contributed by atoms with van der Waals surface area (Å²) in [7, 11) is -3.63. The molecule has 28 heavy (non-hydrogen) atoms. The Bertz CT molecular complexity index is 893. The second kappa shape index (κ2) is 8.68. The Morgan fingerprint density at radius 3 is 2.46 bits per heavy atom. The van der Waals surface area contributed by atoms with Crippen LogP contribution in [0.25, 0.3) is 0 Å². The number of hydrogen-bond acceptors (Lipinski definition) is 5. The average molecular weight is 404 g/mol. The zero-order valence-electron chi connectivity index (χ0n) is 15.8. The Kier molecular flexibility index (Phi) is 6.28. The molecule has 1 saturated heterocycles. The van der Waals surface area contributed by atoms with Crippen molar-refractivity contribution in [3.05, 3.63) is 54.4 Å². The highest BCUT2D eigenvalue weighted by Crippen LogP contribution is 2.25. The molecule has 0 saturated carbocycles. The number of nitrogens with one attached hydrogen (secondary N) is 2. The number of morpholine rings is 1. The molecule has 150 valence electrons. The van der Waals surface area contributed by atoms with Crippen LogP contribution in [0.5, 0.6) is 0 Å². The summed E-state index contributed by atoms with van der Waals surface area (Å²) in [6.07, 6.45) is 3.34. The van der Waals surface area contributed by atoms with Gasteiger partial charge in [0.1, 0.15) is 0 Å². The SMILES string of the molecule is C[C@@H]1COC[C@@H](C)N1S(=O)(=O)c1ccc(NC(=O)NCc2cccnc2)cc1. The lowest BCUT2D eigenvalue weighted by Gasteiger charge is -2.37. The van der Waals surface area contributed by atoms with Gasteiger partial charge < -0.3 is 15.4 Å². The maximum atomic E-state index is 13.0. The second-order valence-corrected chi connectivity index (χ2v) is 8.61. The first kappa shape index (κ1) is 20.2. The number of pyridine rings is 1. The summed E-state index contributed by atoms with van der Waals surface area (Å²) >= 11 is 0. The van der Waals surface area contributed by atoms with Crippen molar-refractivity contribution in [1.82, 2.24) is 14.6 Å². The predicted octanol–water partition coefficient (Wildman–Crippen LogP) is 2.20. The van der Waals surface area contributed by atoms with Crippen molar-refractivity contribution < 1.29 is 17.9 Å². The van der Waals surface area contributed by atoms with E-state index < -0.39 is 10.0 Å². The van der Waals surface area contributed by atoms with E-state index in [2.05, 4.69) is 15.6 Å². The Balaban J connectivity index is 1.63. The van der Waals surface area contributed by atoms with Gasteiger partial charge in [0, 0.05) is 36.7 Å². The van der Waals surface area contributed by atoms with Crippen molar-refractivity contribution in [2.45, 2.75) is 37.4 Å². The molecule has 0 radical (unpaired) electrons. The highest BCUT2D eigenvalue weighted by atomic mass is 32.2. The van der Waals surface area contributed by atoms with E-state index >= 15 is 0 Å². The van der Waals surface area contributed by atoms with Gasteiger partial charge in [-0.05, 0) is 49.7 Å². The standard InChI is InChI=1S/C19H24N4O4S/c1-14-12-27-13-15(2)23(14)28(25,26)18-7-5-17(6-8-18)22-19(24)21-11-16-4-3-9-20-10-16/h3-10,14-15H,11-13H2,1-2H3,(H2,21,22,24)/t14-,15-/m1/s1. The maximum absolute atomic E-state index is 13.0. The molecule has 8 nitrogen and oxygen atoms in total. The molecule has 1 aromatic heterocycles. The molecule has 0 bridgehead atoms. The molecular formula is C19H24N4O4S. The van der Waals surface area contributed by atoms with Gasteiger partial charge in [-0.2, -0.15) is 4.31 Å². The molecule has 1 aliphatic rings. The lowest BCUT2D eigenvalue weighted by molar-refractivity contribution is 0.00636. The van der Waals surface area contributed by atoms with Crippen LogP contribution >= 0.6 is 0 Å². The molecule has 2 amide bonds. The summed E-state index contributed by atoms with van der Waals surface area (Å²) in [5.41, 5.74) is 1.39. The van der Waals surface area contributed by atoms with Crippen LogP contribution in [0.2, 0.25) is 0 Å². The lowest BCUT2D eigenvalue weighted by atomic mass is 10.2. The molecule has 0 unspecified atom stereocenters. The van der Waals surface area contributed by atoms with E-state index in [1.165, 1.54) is 16.4 Å². The molecule has 2 heterocycles. The van der Waals surface area contributed by atoms with Gasteiger partial charge in [0.15, 0.2) is 0 Å². The number of carbonyl (C=O) groups excluding carboxylic acids is 1. The quantitative estimate of drug-likeness (QED) is 0.796. The maximum Gasteiger partial charge on any atom is 0.319 e. The van der Waals surface area contributed by atoms with Crippen molar-refractivity contribution in [1.29, 1.82) is 0 Å². The van der Waals surface area contributed by atoms with Crippen LogP contribution in [-0.2, 0) is 21.3 Å². The van der Waals surface area contributed by atoms with Gasteiger partial charge in [-0.25, -0.2) is 13.2 Å². The van der Waals surface area contributed by atoms with E-state index in [1.807, 2.05) is 19.9 Å². The summed E-state index contributed by atoms with van der Waals surface area (Å²) in [5.74, 6) is 0. The average Bonchev–Trinajstić information content (AvgIpc) is 2.67. The lowest BCUT2D eigenvalue weighted by Crippen LogP contribution is -2.52. The van der Waals surface area contributed by atoms with Gasteiger partial charge in [-0.1, -0.05) is 6.07 Å². The van der Waals surface area contributed by atoms with Crippen molar-refractivity contribution >= 4 is 21.7 Å². The molecule has 1 aromatic carbocycles. The summed E-state index contributed by atoms with van der Waals surface area (Å²) in [6.45, 7) is 4.75. The molecule has 2 atom stereocenters. The van der Waals surface area contributed by atoms with E-state index in [-0.39, 0.29) is 23.0 Å². The van der Waals surface area contributed by atoms with Gasteiger partial charge in [0.2, 0.25) is 10.0 Å². The van der Waals surface area contributed by atoms with Gasteiger partial charge in [0.25, 0.3) is 0 Å². The highest BCUT2D eigenvalue weighted by molar-refractivity contribution is 7.89. The van der Waals surface area contributed by atoms with Crippen LogP contribution in [0.1, 0.15) is 19.4 Å². The number of urea groups is 1. The Morgan fingerprint density at radius 1 is 1.18 bits per heavy atom. The largest absolute Gasteiger partial charge is 0.378 e. The number of hydrogen-bond donors (Lipinski definition) is 2. The zero-order valence-corrected chi connectivity index (χ0v) is 16.6. The van der Waals surface area contributed by atoms with Gasteiger partial charge >= 0.3 is 6.03 Å². The molecule has 1 aliphatic heterocycles. The Labute approximate surface area is 165 Å². The number of nitrogens with zero attached hydrogens (tertiary/aromatic N) is 2. The summed E-state index contributed by atoms with van der Waals surface area (Å²) in [4.78, 5) is 16.2. The zero-order chi connectivity index (χ0) is 20.1. The fourth-order valence-corrected chi connectivity index (χ4v) is 4.95. The number of anilines is 1. The predicted molar refractivity (Wildman–Crippen MR) is 105 cm³/mol. The first-order chi connectivity index (χ1) is 13.4. The van der Waals surface area contributed by atoms with Crippen molar-refractivity contribution in [2.75, 3.05) is 18.5 Å². The third-order valence-corrected chi connectivity index (χ3v) is 6.59. The minimum atomic E-state index is -3.63. The fraction of sp³-hybridized carbons (Fsp3) is 0.368. The molecule has 0 spiro atoms. The number of benzene rings is 1. The highest BCUT2D eigenvalue weighted by Gasteiger charge is 2.36. The van der Waals surface area contributed by atoms with Crippen molar-refractivity contribution in [3.8, 4) is 0 Å². The van der Waals surface area contributed by atoms with Crippen LogP contribution in [0.15, 0.2) is 53.7 Å². The van der Waals surface area contributed by atoms with E-state index in [4.69, 9.17) is 4.74 Å². The Morgan fingerprint density at radius 2 is 1.86 bits per heavy atom. The fourth-order valence-electron chi connectivity index (χ4n) is 3.16. The summed E-state index contributed by atoms with van der Waals surface area (Å²) < 4.78 is 32.8. The van der Waals surface area contributed by atoms with Crippen LogP contribution in [0, 0.1) is 0 Å². The molecule has 3 rings (SSSR count). The van der Waals surface area contributed by atoms with Crippen LogP contribution < -0.4 is 10.6 Å². The number of amides is 2. The van der Waals surface area contributed by atoms with Gasteiger partial charge in [0.05, 0.1) is 18.1 Å². The number of sulfonamides is 1. The van der Waals surface area contributed by atoms with Crippen LogP contribution in [-0.4, -0.2) is 49.0 Å². The minimum absolute atomic E-state index is 0.189. The number of carbonyl (C=O) groups is 1. The number of aromatic nitrogens is 1. The Hall–Kier alpha value is -2.49. The second-order valence-electron chi connectivity index (χ2n) is 6.76. The van der Waals surface area contributed by atoms with E-state index in [0.29, 0.717) is 25.4 Å². The summed E-state index contributed by atoms with van der Waals surface area (Å²) in [6, 6.07) is 8.97. The molecule has 2 N–H and O–H groups in total. The van der Waals surface area contributed by atoms with Crippen molar-refractivity contribution in [2.24, 2.45) is 0 Å². The third kappa shape index (κ3) is 4.67. The third-order valence-electron chi connectivity index (χ3n) is 4.45. The van der Waals surface area contributed by atoms with Crippen molar-refractivity contribution in [3.63, 3.8) is 0 Å². The molecule has 1 fully saturated rings. The monoisotopic (exact) mass is 404 g/mol. The van der Waals surface area contributed by atoms with Gasteiger partial charge in [-0.3, -0.25) is 4.98 Å². The van der Waals surface area contributed by atoms with Crippen LogP contribution in [0.4, 0.5) is 10.5 Å². The first-order valence-electron chi connectivity index (χ1n) is 9.03. The van der Waals surface area contributed by atoms with E-state index in [1.54, 1.807) is 30.6 Å². The molecular weight excluding hydrogens is 380 g/mol. The normalized spacial score (nSPS) is 20.5. The number of rotatable bonds is 5. The molecule has 9 heteroatoms. The molecule has 2 aromatic rings. The first-order valence-corrected chi connectivity index (χ1v) is 10.5. The van der Waals surface area contributed by atoms with E-state index in [9.17, 15) is 13.2 Å². The molecule has 0 aliphatic carbocycles. The van der Waals surface area contributed by atoms with E-state index in [0.717, 1.165) is 5.56 Å². The van der Waals surface area contributed by atoms with Crippen LogP contribution in [0.3, 0.4) is 0 Å².